The molecular formula is C15H23NO4. The van der Waals surface area contributed by atoms with Crippen LogP contribution < -0.4 is 5.48 Å². The van der Waals surface area contributed by atoms with Gasteiger partial charge < -0.3 is 5.11 Å². The van der Waals surface area contributed by atoms with E-state index in [-0.39, 0.29) is 22.2 Å². The Morgan fingerprint density at radius 2 is 1.75 bits per heavy atom. The molecule has 4 bridgehead atoms. The highest BCUT2D eigenvalue weighted by Crippen LogP contribution is 2.69. The molecule has 0 aromatic heterocycles. The third-order valence-electron chi connectivity index (χ3n) is 5.47. The number of nitrogens with one attached hydrogen (secondary N) is 1. The highest BCUT2D eigenvalue weighted by Gasteiger charge is 2.62. The smallest absolute Gasteiger partial charge is 0.332 e. The second kappa shape index (κ2) is 4.20. The van der Waals surface area contributed by atoms with Crippen molar-refractivity contribution >= 4 is 11.9 Å². The predicted molar refractivity (Wildman–Crippen MR) is 71.6 cm³/mol. The van der Waals surface area contributed by atoms with Gasteiger partial charge in [-0.1, -0.05) is 13.8 Å². The van der Waals surface area contributed by atoms with Crippen molar-refractivity contribution in [1.29, 1.82) is 0 Å². The molecule has 2 N–H and O–H groups in total. The zero-order valence-corrected chi connectivity index (χ0v) is 12.2. The minimum absolute atomic E-state index is 0.111. The van der Waals surface area contributed by atoms with Gasteiger partial charge in [0.05, 0.1) is 5.41 Å². The van der Waals surface area contributed by atoms with Crippen molar-refractivity contribution in [3.05, 3.63) is 0 Å². The van der Waals surface area contributed by atoms with Crippen LogP contribution in [0.1, 0.15) is 52.4 Å². The van der Waals surface area contributed by atoms with Crippen molar-refractivity contribution in [2.24, 2.45) is 22.2 Å². The van der Waals surface area contributed by atoms with Gasteiger partial charge in [0.1, 0.15) is 0 Å². The Kier molecular flexibility index (Phi) is 2.91. The van der Waals surface area contributed by atoms with Gasteiger partial charge in [0.2, 0.25) is 5.91 Å². The van der Waals surface area contributed by atoms with E-state index in [4.69, 9.17) is 9.94 Å². The lowest BCUT2D eigenvalue weighted by molar-refractivity contribution is -0.181. The van der Waals surface area contributed by atoms with Crippen molar-refractivity contribution in [2.45, 2.75) is 52.4 Å². The van der Waals surface area contributed by atoms with Gasteiger partial charge in [-0.25, -0.2) is 10.3 Å². The summed E-state index contributed by atoms with van der Waals surface area (Å²) in [5, 5.41) is 8.57. The minimum Gasteiger partial charge on any atom is -0.479 e. The predicted octanol–water partition coefficient (Wildman–Crippen LogP) is 2.12. The largest absolute Gasteiger partial charge is 0.479 e. The molecule has 0 aromatic carbocycles. The molecule has 5 nitrogen and oxygen atoms in total. The van der Waals surface area contributed by atoms with Gasteiger partial charge in [0.25, 0.3) is 0 Å². The van der Waals surface area contributed by atoms with E-state index in [0.717, 1.165) is 19.3 Å². The van der Waals surface area contributed by atoms with E-state index in [1.54, 1.807) is 0 Å². The van der Waals surface area contributed by atoms with Crippen LogP contribution in [-0.2, 0) is 14.4 Å². The number of aliphatic carboxylic acids is 1. The molecule has 2 atom stereocenters. The first-order chi connectivity index (χ1) is 9.24. The van der Waals surface area contributed by atoms with Crippen molar-refractivity contribution in [1.82, 2.24) is 5.48 Å². The van der Waals surface area contributed by atoms with Gasteiger partial charge in [-0.15, -0.1) is 0 Å². The normalized spacial score (nSPS) is 45.4. The van der Waals surface area contributed by atoms with E-state index in [2.05, 4.69) is 19.3 Å². The average Bonchev–Trinajstić information content (AvgIpc) is 2.22. The molecule has 4 aliphatic carbocycles. The van der Waals surface area contributed by atoms with Crippen LogP contribution in [0.5, 0.6) is 0 Å². The molecule has 4 fully saturated rings. The third-order valence-corrected chi connectivity index (χ3v) is 5.47. The van der Waals surface area contributed by atoms with Crippen LogP contribution in [0, 0.1) is 22.2 Å². The Morgan fingerprint density at radius 1 is 1.15 bits per heavy atom. The molecule has 2 unspecified atom stereocenters. The van der Waals surface area contributed by atoms with Crippen LogP contribution >= 0.6 is 0 Å². The summed E-state index contributed by atoms with van der Waals surface area (Å²) in [5.41, 5.74) is 2.56. The number of rotatable bonds is 4. The van der Waals surface area contributed by atoms with Crippen molar-refractivity contribution in [3.8, 4) is 0 Å². The molecule has 5 heteroatoms. The van der Waals surface area contributed by atoms with Crippen LogP contribution in [0.2, 0.25) is 0 Å². The summed E-state index contributed by atoms with van der Waals surface area (Å²) in [6.07, 6.45) is 6.42. The minimum atomic E-state index is -1.07. The lowest BCUT2D eigenvalue weighted by Crippen LogP contribution is -2.59. The second-order valence-electron chi connectivity index (χ2n) is 8.02. The highest BCUT2D eigenvalue weighted by molar-refractivity contribution is 5.82. The molecule has 0 saturated heterocycles. The van der Waals surface area contributed by atoms with Crippen molar-refractivity contribution < 1.29 is 19.5 Å². The number of hydrogen-bond acceptors (Lipinski definition) is 3. The van der Waals surface area contributed by atoms with Crippen molar-refractivity contribution in [2.75, 3.05) is 6.61 Å². The number of hydrogen-bond donors (Lipinski definition) is 2. The number of carboxylic acid groups (broad SMARTS) is 1. The fourth-order valence-electron chi connectivity index (χ4n) is 5.97. The lowest BCUT2D eigenvalue weighted by atomic mass is 9.40. The Balaban J connectivity index is 1.75. The van der Waals surface area contributed by atoms with Gasteiger partial charge >= 0.3 is 5.97 Å². The molecule has 20 heavy (non-hydrogen) atoms. The van der Waals surface area contributed by atoms with Gasteiger partial charge in [-0.2, -0.15) is 0 Å². The van der Waals surface area contributed by atoms with E-state index in [0.29, 0.717) is 5.92 Å². The first-order valence-corrected chi connectivity index (χ1v) is 7.38. The standard InChI is InChI=1S/C15H23NO4/c1-13-3-10-4-14(2,7-13)9-15(5-10,8-13)12(19)16-20-6-11(17)18/h10H,3-9H2,1-2H3,(H,16,19)(H,17,18). The Labute approximate surface area is 119 Å². The number of amides is 1. The highest BCUT2D eigenvalue weighted by atomic mass is 16.7. The fourth-order valence-corrected chi connectivity index (χ4v) is 5.97. The molecule has 0 aliphatic heterocycles. The van der Waals surface area contributed by atoms with E-state index in [1.807, 2.05) is 0 Å². The summed E-state index contributed by atoms with van der Waals surface area (Å²) in [5.74, 6) is -0.554. The summed E-state index contributed by atoms with van der Waals surface area (Å²) in [7, 11) is 0. The monoisotopic (exact) mass is 281 g/mol. The van der Waals surface area contributed by atoms with Gasteiger partial charge in [-0.3, -0.25) is 9.63 Å². The maximum atomic E-state index is 12.5. The van der Waals surface area contributed by atoms with Crippen LogP contribution in [0.3, 0.4) is 0 Å². The maximum Gasteiger partial charge on any atom is 0.332 e. The van der Waals surface area contributed by atoms with Crippen molar-refractivity contribution in [3.63, 3.8) is 0 Å². The second-order valence-corrected chi connectivity index (χ2v) is 8.02. The quantitative estimate of drug-likeness (QED) is 0.774. The molecule has 4 rings (SSSR count). The number of carbonyl (C=O) groups is 2. The van der Waals surface area contributed by atoms with Gasteiger partial charge in [0.15, 0.2) is 6.61 Å². The number of carboxylic acids is 1. The topological polar surface area (TPSA) is 75.6 Å². The molecule has 1 amide bonds. The third kappa shape index (κ3) is 2.22. The van der Waals surface area contributed by atoms with Gasteiger partial charge in [-0.05, 0) is 55.3 Å². The Morgan fingerprint density at radius 3 is 2.25 bits per heavy atom. The fraction of sp³-hybridized carbons (Fsp3) is 0.867. The molecule has 4 aliphatic rings. The number of carbonyl (C=O) groups excluding carboxylic acids is 1. The summed E-state index contributed by atoms with van der Waals surface area (Å²) in [6.45, 7) is 4.12. The molecule has 0 heterocycles. The van der Waals surface area contributed by atoms with Gasteiger partial charge in [0, 0.05) is 0 Å². The van der Waals surface area contributed by atoms with Crippen LogP contribution in [-0.4, -0.2) is 23.6 Å². The molecule has 112 valence electrons. The summed E-state index contributed by atoms with van der Waals surface area (Å²) in [6, 6.07) is 0. The summed E-state index contributed by atoms with van der Waals surface area (Å²) in [4.78, 5) is 27.8. The van der Waals surface area contributed by atoms with E-state index in [9.17, 15) is 9.59 Å². The molecule has 0 spiro atoms. The van der Waals surface area contributed by atoms with E-state index >= 15 is 0 Å². The first kappa shape index (κ1) is 13.9. The van der Waals surface area contributed by atoms with Crippen LogP contribution in [0.25, 0.3) is 0 Å². The Hall–Kier alpha value is -1.10. The van der Waals surface area contributed by atoms with Crippen LogP contribution in [0.4, 0.5) is 0 Å². The molecule has 4 saturated carbocycles. The SMILES string of the molecule is CC12CC3CC(C)(C1)CC(C(=O)NOCC(=O)O)(C3)C2. The van der Waals surface area contributed by atoms with Crippen LogP contribution in [0.15, 0.2) is 0 Å². The molecule has 0 aromatic rings. The first-order valence-electron chi connectivity index (χ1n) is 7.38. The zero-order chi connectivity index (χ0) is 14.6. The zero-order valence-electron chi connectivity index (χ0n) is 12.2. The molecule has 0 radical (unpaired) electrons. The number of hydroxylamine groups is 1. The summed E-state index contributed by atoms with van der Waals surface area (Å²) < 4.78 is 0. The summed E-state index contributed by atoms with van der Waals surface area (Å²) >= 11 is 0. The Bertz CT molecular complexity index is 443. The van der Waals surface area contributed by atoms with E-state index in [1.165, 1.54) is 19.3 Å². The van der Waals surface area contributed by atoms with E-state index < -0.39 is 12.6 Å². The maximum absolute atomic E-state index is 12.5. The molecular weight excluding hydrogens is 258 g/mol. The lowest BCUT2D eigenvalue weighted by Gasteiger charge is -2.64. The average molecular weight is 281 g/mol.